The minimum absolute atomic E-state index is 1.11. The van der Waals surface area contributed by atoms with Gasteiger partial charge in [0.25, 0.3) is 0 Å². The molecule has 2 nitrogen and oxygen atoms in total. The van der Waals surface area contributed by atoms with Gasteiger partial charge in [-0.2, -0.15) is 0 Å². The van der Waals surface area contributed by atoms with Crippen molar-refractivity contribution in [3.63, 3.8) is 0 Å². The molecule has 2 aromatic heterocycles. The molecule has 12 aromatic rings. The van der Waals surface area contributed by atoms with Gasteiger partial charge in [0.1, 0.15) is 0 Å². The van der Waals surface area contributed by atoms with Crippen molar-refractivity contribution in [3.8, 4) is 27.9 Å². The van der Waals surface area contributed by atoms with Crippen molar-refractivity contribution in [1.29, 1.82) is 0 Å². The first kappa shape index (κ1) is 33.7. The fourth-order valence-electron chi connectivity index (χ4n) is 9.08. The van der Waals surface area contributed by atoms with E-state index in [1.54, 1.807) is 0 Å². The van der Waals surface area contributed by atoms with Crippen LogP contribution in [-0.2, 0) is 0 Å². The minimum atomic E-state index is 1.11. The molecule has 0 amide bonds. The number of fused-ring (bicyclic) bond motifs is 9. The Morgan fingerprint density at radius 3 is 1.66 bits per heavy atom. The Morgan fingerprint density at radius 2 is 0.881 bits per heavy atom. The highest BCUT2D eigenvalue weighted by Gasteiger charge is 2.18. The first-order chi connectivity index (χ1) is 29.2. The average Bonchev–Trinajstić information content (AvgIpc) is 3.85. The summed E-state index contributed by atoms with van der Waals surface area (Å²) in [4.78, 5) is 2.37. The predicted molar refractivity (Wildman–Crippen MR) is 254 cm³/mol. The van der Waals surface area contributed by atoms with Gasteiger partial charge >= 0.3 is 0 Å². The van der Waals surface area contributed by atoms with Crippen LogP contribution < -0.4 is 4.90 Å². The number of anilines is 3. The van der Waals surface area contributed by atoms with Crippen molar-refractivity contribution in [2.75, 3.05) is 4.90 Å². The van der Waals surface area contributed by atoms with Crippen LogP contribution >= 0.6 is 11.3 Å². The van der Waals surface area contributed by atoms with E-state index in [-0.39, 0.29) is 0 Å². The van der Waals surface area contributed by atoms with Gasteiger partial charge in [-0.05, 0) is 111 Å². The summed E-state index contributed by atoms with van der Waals surface area (Å²) >= 11 is 1.86. The second kappa shape index (κ2) is 13.6. The molecular formula is C56H36N2S. The summed E-state index contributed by atoms with van der Waals surface area (Å²) in [5.41, 5.74) is 11.7. The highest BCUT2D eigenvalue weighted by atomic mass is 32.1. The lowest BCUT2D eigenvalue weighted by atomic mass is 10.0. The molecule has 2 heterocycles. The van der Waals surface area contributed by atoms with Crippen LogP contribution in [0.3, 0.4) is 0 Å². The van der Waals surface area contributed by atoms with Crippen LogP contribution in [-0.4, -0.2) is 4.57 Å². The molecule has 0 unspecified atom stereocenters. The van der Waals surface area contributed by atoms with Gasteiger partial charge in [0.2, 0.25) is 0 Å². The Kier molecular flexibility index (Phi) is 7.75. The van der Waals surface area contributed by atoms with E-state index in [4.69, 9.17) is 0 Å². The van der Waals surface area contributed by atoms with Crippen LogP contribution in [0.4, 0.5) is 17.1 Å². The van der Waals surface area contributed by atoms with Crippen LogP contribution in [0.2, 0.25) is 0 Å². The summed E-state index contributed by atoms with van der Waals surface area (Å²) in [5, 5.41) is 10.1. The number of benzene rings is 10. The van der Waals surface area contributed by atoms with Gasteiger partial charge in [0, 0.05) is 59.1 Å². The molecule has 0 spiro atoms. The van der Waals surface area contributed by atoms with Crippen molar-refractivity contribution in [1.82, 2.24) is 4.57 Å². The Hall–Kier alpha value is -7.46. The van der Waals surface area contributed by atoms with Crippen LogP contribution in [0.1, 0.15) is 0 Å². The van der Waals surface area contributed by atoms with E-state index in [1.807, 2.05) is 11.3 Å². The third-order valence-corrected chi connectivity index (χ3v) is 13.1. The van der Waals surface area contributed by atoms with E-state index in [9.17, 15) is 0 Å². The molecule has 0 aliphatic heterocycles. The number of para-hydroxylation sites is 1. The Morgan fingerprint density at radius 1 is 0.322 bits per heavy atom. The van der Waals surface area contributed by atoms with Crippen molar-refractivity contribution < 1.29 is 0 Å². The van der Waals surface area contributed by atoms with Gasteiger partial charge in [0.05, 0.1) is 11.0 Å². The number of hydrogen-bond acceptors (Lipinski definition) is 2. The molecule has 0 radical (unpaired) electrons. The molecule has 0 fully saturated rings. The number of aromatic nitrogens is 1. The third kappa shape index (κ3) is 5.62. The van der Waals surface area contributed by atoms with Crippen LogP contribution in [0.15, 0.2) is 218 Å². The first-order valence-electron chi connectivity index (χ1n) is 20.2. The van der Waals surface area contributed by atoms with E-state index in [1.165, 1.54) is 85.8 Å². The zero-order valence-electron chi connectivity index (χ0n) is 32.1. The molecule has 0 N–H and O–H groups in total. The number of rotatable bonds is 6. The lowest BCUT2D eigenvalue weighted by Crippen LogP contribution is -2.09. The molecule has 0 atom stereocenters. The summed E-state index contributed by atoms with van der Waals surface area (Å²) in [6.45, 7) is 0. The first-order valence-corrected chi connectivity index (χ1v) is 21.0. The zero-order valence-corrected chi connectivity index (χ0v) is 32.9. The molecule has 10 aromatic carbocycles. The van der Waals surface area contributed by atoms with Crippen molar-refractivity contribution in [3.05, 3.63) is 218 Å². The van der Waals surface area contributed by atoms with Gasteiger partial charge in [-0.25, -0.2) is 0 Å². The second-order valence-corrected chi connectivity index (χ2v) is 16.4. The Balaban J connectivity index is 0.955. The molecular weight excluding hydrogens is 733 g/mol. The van der Waals surface area contributed by atoms with E-state index in [2.05, 4.69) is 228 Å². The fourth-order valence-corrected chi connectivity index (χ4v) is 10.2. The highest BCUT2D eigenvalue weighted by Crippen LogP contribution is 2.42. The monoisotopic (exact) mass is 768 g/mol. The summed E-state index contributed by atoms with van der Waals surface area (Å²) in [5.74, 6) is 0. The van der Waals surface area contributed by atoms with Crippen molar-refractivity contribution >= 4 is 91.9 Å². The second-order valence-electron chi connectivity index (χ2n) is 15.4. The quantitative estimate of drug-likeness (QED) is 0.164. The Labute approximate surface area is 346 Å². The molecule has 276 valence electrons. The van der Waals surface area contributed by atoms with Crippen molar-refractivity contribution in [2.45, 2.75) is 0 Å². The molecule has 0 saturated carbocycles. The zero-order chi connectivity index (χ0) is 38.9. The van der Waals surface area contributed by atoms with Crippen LogP contribution in [0.5, 0.6) is 0 Å². The summed E-state index contributed by atoms with van der Waals surface area (Å²) in [7, 11) is 0. The minimum Gasteiger partial charge on any atom is -0.310 e. The molecule has 0 bridgehead atoms. The summed E-state index contributed by atoms with van der Waals surface area (Å²) in [6.07, 6.45) is 0. The molecule has 0 aliphatic rings. The standard InChI is InChI=1S/C56H36N2S/c1-2-13-44(14-3-1)58-53-36-43(24-31-49(53)51-32-23-40-11-6-7-15-48(40)56(51)58)39-20-28-46(29-21-39)57(47-30-22-37-10-4-5-12-41(37)34-47)45-26-18-38(19-27-45)42-25-33-55-52(35-42)50-16-8-9-17-54(50)59-55/h1-36H. The lowest BCUT2D eigenvalue weighted by Gasteiger charge is -2.26. The third-order valence-electron chi connectivity index (χ3n) is 12.0. The van der Waals surface area contributed by atoms with Gasteiger partial charge < -0.3 is 9.47 Å². The Bertz CT molecular complexity index is 3540. The topological polar surface area (TPSA) is 8.17 Å². The number of hydrogen-bond donors (Lipinski definition) is 0. The van der Waals surface area contributed by atoms with E-state index >= 15 is 0 Å². The molecule has 59 heavy (non-hydrogen) atoms. The molecule has 0 saturated heterocycles. The molecule has 0 aliphatic carbocycles. The molecule has 12 rings (SSSR count). The van der Waals surface area contributed by atoms with E-state index < -0.39 is 0 Å². The smallest absolute Gasteiger partial charge is 0.0619 e. The maximum absolute atomic E-state index is 2.44. The van der Waals surface area contributed by atoms with Gasteiger partial charge in [-0.15, -0.1) is 11.3 Å². The van der Waals surface area contributed by atoms with Crippen LogP contribution in [0.25, 0.3) is 91.5 Å². The van der Waals surface area contributed by atoms with E-state index in [0.717, 1.165) is 22.7 Å². The maximum atomic E-state index is 2.44. The highest BCUT2D eigenvalue weighted by molar-refractivity contribution is 7.25. The normalized spacial score (nSPS) is 11.7. The predicted octanol–water partition coefficient (Wildman–Crippen LogP) is 16.3. The molecule has 3 heteroatoms. The number of thiophene rings is 1. The fraction of sp³-hybridized carbons (Fsp3) is 0. The maximum Gasteiger partial charge on any atom is 0.0619 e. The SMILES string of the molecule is c1ccc(-n2c3cc(-c4ccc(N(c5ccc(-c6ccc7sc8ccccc8c7c6)cc5)c5ccc6ccccc6c5)cc4)ccc3c3ccc4ccccc4c32)cc1. The number of nitrogens with zero attached hydrogens (tertiary/aromatic N) is 2. The van der Waals surface area contributed by atoms with Gasteiger partial charge in [-0.1, -0.05) is 146 Å². The average molecular weight is 769 g/mol. The van der Waals surface area contributed by atoms with Crippen molar-refractivity contribution in [2.24, 2.45) is 0 Å². The van der Waals surface area contributed by atoms with Gasteiger partial charge in [-0.3, -0.25) is 0 Å². The summed E-state index contributed by atoms with van der Waals surface area (Å²) in [6, 6.07) is 80.0. The largest absolute Gasteiger partial charge is 0.310 e. The summed E-state index contributed by atoms with van der Waals surface area (Å²) < 4.78 is 5.10. The van der Waals surface area contributed by atoms with Gasteiger partial charge in [0.15, 0.2) is 0 Å². The van der Waals surface area contributed by atoms with E-state index in [0.29, 0.717) is 0 Å². The lowest BCUT2D eigenvalue weighted by molar-refractivity contribution is 1.19. The van der Waals surface area contributed by atoms with Crippen LogP contribution in [0, 0.1) is 0 Å².